The molecule has 0 fully saturated rings. The van der Waals surface area contributed by atoms with Crippen molar-refractivity contribution in [2.75, 3.05) is 11.9 Å². The summed E-state index contributed by atoms with van der Waals surface area (Å²) in [6, 6.07) is 5.64. The van der Waals surface area contributed by atoms with Gasteiger partial charge in [0, 0.05) is 36.5 Å². The number of rotatable bonds is 4. The lowest BCUT2D eigenvalue weighted by molar-refractivity contribution is 0.102. The number of nitrogens with one attached hydrogen (secondary N) is 3. The molecular weight excluding hydrogens is 328 g/mol. The monoisotopic (exact) mass is 350 g/mol. The smallest absolute Gasteiger partial charge is 0.276 e. The van der Waals surface area contributed by atoms with E-state index in [9.17, 15) is 4.79 Å². The Morgan fingerprint density at radius 3 is 2.88 bits per heavy atom. The van der Waals surface area contributed by atoms with Gasteiger partial charge in [0.1, 0.15) is 5.75 Å². The van der Waals surface area contributed by atoms with E-state index in [4.69, 9.17) is 4.74 Å². The van der Waals surface area contributed by atoms with Crippen LogP contribution in [0.5, 0.6) is 5.75 Å². The van der Waals surface area contributed by atoms with Gasteiger partial charge in [-0.25, -0.2) is 0 Å². The van der Waals surface area contributed by atoms with E-state index in [1.54, 1.807) is 0 Å². The molecule has 1 aliphatic heterocycles. The van der Waals surface area contributed by atoms with Crippen LogP contribution in [-0.2, 0) is 13.0 Å². The number of aromatic nitrogens is 2. The molecule has 0 bridgehead atoms. The van der Waals surface area contributed by atoms with E-state index < -0.39 is 0 Å². The molecule has 0 atom stereocenters. The number of fused-ring (bicyclic) bond motifs is 1. The van der Waals surface area contributed by atoms with Crippen LogP contribution < -0.4 is 15.4 Å². The SMILES string of the molecule is Cc1cc(NC(=O)c2n[nH]c3c2CNCC3)ccc1OC(C)C.Cl. The van der Waals surface area contributed by atoms with E-state index in [0.29, 0.717) is 12.2 Å². The molecule has 6 nitrogen and oxygen atoms in total. The first kappa shape index (κ1) is 18.3. The molecule has 1 aromatic heterocycles. The van der Waals surface area contributed by atoms with Crippen molar-refractivity contribution < 1.29 is 9.53 Å². The van der Waals surface area contributed by atoms with E-state index in [1.165, 1.54) is 0 Å². The van der Waals surface area contributed by atoms with E-state index in [-0.39, 0.29) is 24.4 Å². The van der Waals surface area contributed by atoms with Crippen molar-refractivity contribution in [1.82, 2.24) is 15.5 Å². The molecule has 0 saturated heterocycles. The van der Waals surface area contributed by atoms with Crippen LogP contribution >= 0.6 is 12.4 Å². The lowest BCUT2D eigenvalue weighted by Gasteiger charge is -2.14. The number of benzene rings is 1. The van der Waals surface area contributed by atoms with Crippen LogP contribution in [0.3, 0.4) is 0 Å². The van der Waals surface area contributed by atoms with Gasteiger partial charge < -0.3 is 15.4 Å². The van der Waals surface area contributed by atoms with Crippen molar-refractivity contribution in [2.45, 2.75) is 39.8 Å². The number of H-pyrrole nitrogens is 1. The third kappa shape index (κ3) is 3.88. The number of ether oxygens (including phenoxy) is 1. The molecule has 1 aromatic carbocycles. The van der Waals surface area contributed by atoms with Gasteiger partial charge in [-0.05, 0) is 44.5 Å². The van der Waals surface area contributed by atoms with Crippen molar-refractivity contribution in [1.29, 1.82) is 0 Å². The predicted molar refractivity (Wildman–Crippen MR) is 96.1 cm³/mol. The number of aromatic amines is 1. The van der Waals surface area contributed by atoms with Gasteiger partial charge in [-0.3, -0.25) is 9.89 Å². The van der Waals surface area contributed by atoms with Crippen molar-refractivity contribution in [3.05, 3.63) is 40.7 Å². The number of carbonyl (C=O) groups excluding carboxylic acids is 1. The summed E-state index contributed by atoms with van der Waals surface area (Å²) in [7, 11) is 0. The third-order valence-electron chi connectivity index (χ3n) is 3.82. The van der Waals surface area contributed by atoms with Gasteiger partial charge in [-0.15, -0.1) is 12.4 Å². The number of halogens is 1. The lowest BCUT2D eigenvalue weighted by Crippen LogP contribution is -2.25. The lowest BCUT2D eigenvalue weighted by atomic mass is 10.1. The Morgan fingerprint density at radius 2 is 2.17 bits per heavy atom. The number of anilines is 1. The topological polar surface area (TPSA) is 79.0 Å². The summed E-state index contributed by atoms with van der Waals surface area (Å²) in [5.74, 6) is 0.641. The van der Waals surface area contributed by atoms with Crippen molar-refractivity contribution in [3.63, 3.8) is 0 Å². The summed E-state index contributed by atoms with van der Waals surface area (Å²) in [4.78, 5) is 12.5. The Kier molecular flexibility index (Phi) is 5.85. The van der Waals surface area contributed by atoms with Crippen molar-refractivity contribution in [3.8, 4) is 5.75 Å². The maximum Gasteiger partial charge on any atom is 0.276 e. The molecule has 3 rings (SSSR count). The standard InChI is InChI=1S/C17H22N4O2.ClH/c1-10(2)23-15-5-4-12(8-11(15)3)19-17(22)16-13-9-18-7-6-14(13)20-21-16;/h4-5,8,10,18H,6-7,9H2,1-3H3,(H,19,22)(H,20,21);1H. The van der Waals surface area contributed by atoms with Gasteiger partial charge in [-0.2, -0.15) is 5.10 Å². The Labute approximate surface area is 147 Å². The van der Waals surface area contributed by atoms with E-state index in [2.05, 4.69) is 20.8 Å². The number of hydrogen-bond acceptors (Lipinski definition) is 4. The van der Waals surface area contributed by atoms with E-state index >= 15 is 0 Å². The molecule has 7 heteroatoms. The highest BCUT2D eigenvalue weighted by atomic mass is 35.5. The molecule has 130 valence electrons. The van der Waals surface area contributed by atoms with Gasteiger partial charge in [-0.1, -0.05) is 0 Å². The van der Waals surface area contributed by atoms with Gasteiger partial charge in [0.15, 0.2) is 5.69 Å². The maximum absolute atomic E-state index is 12.5. The minimum Gasteiger partial charge on any atom is -0.491 e. The second-order valence-electron chi connectivity index (χ2n) is 6.06. The quantitative estimate of drug-likeness (QED) is 0.792. The number of nitrogens with zero attached hydrogens (tertiary/aromatic N) is 1. The molecule has 3 N–H and O–H groups in total. The Balaban J connectivity index is 0.00000208. The minimum atomic E-state index is -0.192. The third-order valence-corrected chi connectivity index (χ3v) is 3.82. The number of aryl methyl sites for hydroxylation is 1. The van der Waals surface area contributed by atoms with Crippen LogP contribution in [0.4, 0.5) is 5.69 Å². The summed E-state index contributed by atoms with van der Waals surface area (Å²) in [6.45, 7) is 7.53. The Morgan fingerprint density at radius 1 is 1.38 bits per heavy atom. The van der Waals surface area contributed by atoms with Crippen LogP contribution in [0.25, 0.3) is 0 Å². The first-order chi connectivity index (χ1) is 11.0. The molecule has 0 aliphatic carbocycles. The fourth-order valence-electron chi connectivity index (χ4n) is 2.72. The van der Waals surface area contributed by atoms with E-state index in [1.807, 2.05) is 39.0 Å². The average Bonchev–Trinajstić information content (AvgIpc) is 2.94. The summed E-state index contributed by atoms with van der Waals surface area (Å²) in [5, 5.41) is 13.3. The number of carbonyl (C=O) groups is 1. The van der Waals surface area contributed by atoms with Crippen LogP contribution in [0.15, 0.2) is 18.2 Å². The normalized spacial score (nSPS) is 13.2. The summed E-state index contributed by atoms with van der Waals surface area (Å²) in [5.41, 5.74) is 4.20. The van der Waals surface area contributed by atoms with Crippen LogP contribution in [-0.4, -0.2) is 28.8 Å². The van der Waals surface area contributed by atoms with Gasteiger partial charge >= 0.3 is 0 Å². The zero-order valence-corrected chi connectivity index (χ0v) is 14.9. The van der Waals surface area contributed by atoms with Crippen molar-refractivity contribution in [2.24, 2.45) is 0 Å². The minimum absolute atomic E-state index is 0. The Bertz CT molecular complexity index is 727. The van der Waals surface area contributed by atoms with Gasteiger partial charge in [0.25, 0.3) is 5.91 Å². The number of hydrogen-bond donors (Lipinski definition) is 3. The highest BCUT2D eigenvalue weighted by Gasteiger charge is 2.21. The van der Waals surface area contributed by atoms with Gasteiger partial charge in [0.05, 0.1) is 6.10 Å². The largest absolute Gasteiger partial charge is 0.491 e. The highest BCUT2D eigenvalue weighted by Crippen LogP contribution is 2.24. The fraction of sp³-hybridized carbons (Fsp3) is 0.412. The molecule has 24 heavy (non-hydrogen) atoms. The molecule has 1 amide bonds. The Hall–Kier alpha value is -2.05. The highest BCUT2D eigenvalue weighted by molar-refractivity contribution is 6.04. The fourth-order valence-corrected chi connectivity index (χ4v) is 2.72. The second kappa shape index (κ2) is 7.68. The molecule has 2 heterocycles. The molecular formula is C17H23ClN4O2. The van der Waals surface area contributed by atoms with Gasteiger partial charge in [0.2, 0.25) is 0 Å². The summed E-state index contributed by atoms with van der Waals surface area (Å²) in [6.07, 6.45) is 0.993. The molecule has 2 aromatic rings. The average molecular weight is 351 g/mol. The zero-order chi connectivity index (χ0) is 16.4. The molecule has 0 unspecified atom stereocenters. The first-order valence-corrected chi connectivity index (χ1v) is 7.90. The molecule has 0 saturated carbocycles. The first-order valence-electron chi connectivity index (χ1n) is 7.90. The summed E-state index contributed by atoms with van der Waals surface area (Å²) >= 11 is 0. The predicted octanol–water partition coefficient (Wildman–Crippen LogP) is 2.83. The van der Waals surface area contributed by atoms with E-state index in [0.717, 1.165) is 41.2 Å². The van der Waals surface area contributed by atoms with Crippen LogP contribution in [0.1, 0.15) is 41.2 Å². The maximum atomic E-state index is 12.5. The molecule has 0 radical (unpaired) electrons. The zero-order valence-electron chi connectivity index (χ0n) is 14.1. The second-order valence-corrected chi connectivity index (χ2v) is 6.06. The summed E-state index contributed by atoms with van der Waals surface area (Å²) < 4.78 is 5.71. The molecule has 0 spiro atoms. The number of amides is 1. The molecule has 1 aliphatic rings. The van der Waals surface area contributed by atoms with Crippen LogP contribution in [0.2, 0.25) is 0 Å². The van der Waals surface area contributed by atoms with Crippen molar-refractivity contribution >= 4 is 24.0 Å². The van der Waals surface area contributed by atoms with Crippen LogP contribution in [0, 0.1) is 6.92 Å².